The van der Waals surface area contributed by atoms with Gasteiger partial charge in [-0.05, 0) is 19.3 Å². The molecular weight excluding hydrogens is 126 g/mol. The van der Waals surface area contributed by atoms with Crippen LogP contribution < -0.4 is 0 Å². The molecule has 0 heterocycles. The summed E-state index contributed by atoms with van der Waals surface area (Å²) in [6, 6.07) is 0. The monoisotopic (exact) mass is 138 g/mol. The summed E-state index contributed by atoms with van der Waals surface area (Å²) in [5.41, 5.74) is 0. The number of hydrogen-bond acceptors (Lipinski definition) is 0. The number of unbranched alkanes of at least 4 members (excludes halogenated alkanes) is 1. The number of hydrogen-bond donors (Lipinski definition) is 0. The van der Waals surface area contributed by atoms with Crippen molar-refractivity contribution < 1.29 is 8.78 Å². The molecule has 0 nitrogen and oxygen atoms in total. The van der Waals surface area contributed by atoms with Crippen LogP contribution in [-0.4, -0.2) is 22.7 Å². The molecule has 0 amide bonds. The van der Waals surface area contributed by atoms with Crippen LogP contribution in [0.5, 0.6) is 0 Å². The summed E-state index contributed by atoms with van der Waals surface area (Å²) in [5, 5.41) is 0. The van der Waals surface area contributed by atoms with Crippen LogP contribution in [0.2, 0.25) is 0 Å². The van der Waals surface area contributed by atoms with Gasteiger partial charge in [0, 0.05) is 10.2 Å². The fourth-order valence-corrected chi connectivity index (χ4v) is 0.928. The van der Waals surface area contributed by atoms with E-state index in [-0.39, 0.29) is 6.67 Å². The molecule has 0 bridgehead atoms. The van der Waals surface area contributed by atoms with E-state index in [1.54, 1.807) is 0 Å². The van der Waals surface area contributed by atoms with Gasteiger partial charge in [0.15, 0.2) is 0 Å². The highest BCUT2D eigenvalue weighted by Crippen LogP contribution is 2.00. The maximum atomic E-state index is 12.0. The van der Waals surface area contributed by atoms with E-state index < -0.39 is 5.79 Å². The smallest absolute Gasteiger partial charge is 0.0894 e. The summed E-state index contributed by atoms with van der Waals surface area (Å²) < 4.78 is 23.3. The van der Waals surface area contributed by atoms with E-state index in [9.17, 15) is 8.78 Å². The highest BCUT2D eigenvalue weighted by Gasteiger charge is 1.95. The summed E-state index contributed by atoms with van der Waals surface area (Å²) in [4.78, 5) is 0. The molecule has 0 aromatic carbocycles. The van der Waals surface area contributed by atoms with Crippen LogP contribution in [0.3, 0.4) is 0 Å². The Kier molecular flexibility index (Phi) is 5.27. The van der Waals surface area contributed by atoms with Gasteiger partial charge >= 0.3 is 0 Å². The van der Waals surface area contributed by atoms with Crippen molar-refractivity contribution in [1.82, 2.24) is 0 Å². The lowest BCUT2D eigenvalue weighted by atomic mass is 10.3. The maximum Gasteiger partial charge on any atom is 0.0894 e. The number of rotatable bonds is 4. The molecule has 8 heavy (non-hydrogen) atoms. The van der Waals surface area contributed by atoms with Gasteiger partial charge in [0.05, 0.1) is 12.5 Å². The molecule has 0 aromatic rings. The predicted molar refractivity (Wildman–Crippen MR) is 34.7 cm³/mol. The van der Waals surface area contributed by atoms with E-state index in [1.807, 2.05) is 0 Å². The minimum Gasteiger partial charge on any atom is -0.253 e. The van der Waals surface area contributed by atoms with Gasteiger partial charge in [-0.3, -0.25) is 8.78 Å². The van der Waals surface area contributed by atoms with Gasteiger partial charge in [-0.1, -0.05) is 0 Å². The molecule has 1 unspecified atom stereocenters. The van der Waals surface area contributed by atoms with Crippen LogP contribution in [0.25, 0.3) is 0 Å². The van der Waals surface area contributed by atoms with Crippen molar-refractivity contribution in [1.29, 1.82) is 0 Å². The van der Waals surface area contributed by atoms with Crippen molar-refractivity contribution in [3.63, 3.8) is 0 Å². The zero-order valence-electron chi connectivity index (χ0n) is 5.16. The molecule has 0 aliphatic carbocycles. The lowest BCUT2D eigenvalue weighted by Crippen LogP contribution is -1.97. The fraction of sp³-hybridized carbons (Fsp3) is 1.00. The summed E-state index contributed by atoms with van der Waals surface area (Å²) in [6.07, 6.45) is 1.81. The quantitative estimate of drug-likeness (QED) is 0.398. The molecular formula is C5H12F2Si. The van der Waals surface area contributed by atoms with E-state index in [4.69, 9.17) is 0 Å². The minimum absolute atomic E-state index is 0.297. The molecule has 1 atom stereocenters. The fourth-order valence-electron chi connectivity index (χ4n) is 0.520. The molecule has 0 N–H and O–H groups in total. The zero-order chi connectivity index (χ0) is 6.41. The summed E-state index contributed by atoms with van der Waals surface area (Å²) in [6.45, 7) is -0.297. The molecule has 0 rings (SSSR count). The first-order valence-electron chi connectivity index (χ1n) is 2.97. The Labute approximate surface area is 51.7 Å². The first-order chi connectivity index (χ1) is 3.77. The van der Waals surface area contributed by atoms with Crippen LogP contribution in [0.4, 0.5) is 8.78 Å². The van der Waals surface area contributed by atoms with Crippen LogP contribution in [-0.2, 0) is 0 Å². The second kappa shape index (κ2) is 5.22. The van der Waals surface area contributed by atoms with Crippen molar-refractivity contribution in [3.8, 4) is 0 Å². The van der Waals surface area contributed by atoms with Gasteiger partial charge < -0.3 is 0 Å². The lowest BCUT2D eigenvalue weighted by Gasteiger charge is -1.96. The molecule has 0 fully saturated rings. The molecule has 0 spiro atoms. The van der Waals surface area contributed by atoms with E-state index in [2.05, 4.69) is 0 Å². The van der Waals surface area contributed by atoms with Crippen LogP contribution in [0.1, 0.15) is 19.3 Å². The molecule has 3 heteroatoms. The Hall–Kier alpha value is 0.0769. The summed E-state index contributed by atoms with van der Waals surface area (Å²) in [5.74, 6) is -0.624. The molecule has 0 aromatic heterocycles. The Morgan fingerprint density at radius 2 is 2.00 bits per heavy atom. The van der Waals surface area contributed by atoms with Crippen molar-refractivity contribution in [2.24, 2.45) is 0 Å². The van der Waals surface area contributed by atoms with Gasteiger partial charge in [0.2, 0.25) is 0 Å². The maximum absolute atomic E-state index is 12.0. The molecule has 0 aliphatic heterocycles. The topological polar surface area (TPSA) is 0 Å². The lowest BCUT2D eigenvalue weighted by molar-refractivity contribution is 0.386. The SMILES string of the molecule is FCCCCC(F)[SiH3]. The Morgan fingerprint density at radius 3 is 2.38 bits per heavy atom. The van der Waals surface area contributed by atoms with Crippen LogP contribution in [0.15, 0.2) is 0 Å². The third-order valence-corrected chi connectivity index (χ3v) is 1.56. The van der Waals surface area contributed by atoms with Crippen molar-refractivity contribution in [2.75, 3.05) is 6.67 Å². The molecule has 0 saturated carbocycles. The average molecular weight is 138 g/mol. The van der Waals surface area contributed by atoms with Gasteiger partial charge in [0.25, 0.3) is 0 Å². The number of alkyl halides is 2. The predicted octanol–water partition coefficient (Wildman–Crippen LogP) is 0.787. The van der Waals surface area contributed by atoms with E-state index in [1.165, 1.54) is 0 Å². The second-order valence-corrected chi connectivity index (χ2v) is 3.22. The highest BCUT2D eigenvalue weighted by atomic mass is 28.1. The Balaban J connectivity index is 2.72. The van der Waals surface area contributed by atoms with Gasteiger partial charge in [0.1, 0.15) is 0 Å². The van der Waals surface area contributed by atoms with Crippen molar-refractivity contribution in [2.45, 2.75) is 25.1 Å². The van der Waals surface area contributed by atoms with Crippen molar-refractivity contribution >= 4 is 10.2 Å². The molecule has 0 saturated heterocycles. The summed E-state index contributed by atoms with van der Waals surface area (Å²) in [7, 11) is 0.597. The third-order valence-electron chi connectivity index (χ3n) is 0.986. The first kappa shape index (κ1) is 8.08. The van der Waals surface area contributed by atoms with Gasteiger partial charge in [-0.15, -0.1) is 0 Å². The van der Waals surface area contributed by atoms with E-state index in [0.29, 0.717) is 29.5 Å². The summed E-state index contributed by atoms with van der Waals surface area (Å²) >= 11 is 0. The molecule has 0 radical (unpaired) electrons. The van der Waals surface area contributed by atoms with E-state index >= 15 is 0 Å². The van der Waals surface area contributed by atoms with Crippen molar-refractivity contribution in [3.05, 3.63) is 0 Å². The Bertz CT molecular complexity index is 47.7. The first-order valence-corrected chi connectivity index (χ1v) is 4.13. The van der Waals surface area contributed by atoms with Crippen LogP contribution >= 0.6 is 0 Å². The number of halogens is 2. The largest absolute Gasteiger partial charge is 0.253 e. The third kappa shape index (κ3) is 6.08. The second-order valence-electron chi connectivity index (χ2n) is 1.97. The zero-order valence-corrected chi connectivity index (χ0v) is 7.16. The van der Waals surface area contributed by atoms with Crippen LogP contribution in [0, 0.1) is 0 Å². The normalized spacial score (nSPS) is 14.2. The average Bonchev–Trinajstić information content (AvgIpc) is 1.66. The van der Waals surface area contributed by atoms with Gasteiger partial charge in [-0.25, -0.2) is 0 Å². The highest BCUT2D eigenvalue weighted by molar-refractivity contribution is 6.10. The molecule has 0 aliphatic rings. The minimum atomic E-state index is -0.624. The Morgan fingerprint density at radius 1 is 1.38 bits per heavy atom. The standard InChI is InChI=1S/C5H12F2Si/c6-4-2-1-3-5(7)8/h5H,1-4H2,8H3. The molecule has 50 valence electrons. The van der Waals surface area contributed by atoms with Gasteiger partial charge in [-0.2, -0.15) is 0 Å². The van der Waals surface area contributed by atoms with E-state index in [0.717, 1.165) is 0 Å².